The second kappa shape index (κ2) is 7.05. The molecule has 0 bridgehead atoms. The van der Waals surface area contributed by atoms with Crippen LogP contribution in [-0.2, 0) is 9.53 Å². The van der Waals surface area contributed by atoms with E-state index in [1.807, 2.05) is 24.3 Å². The Morgan fingerprint density at radius 2 is 2.17 bits per heavy atom. The van der Waals surface area contributed by atoms with Gasteiger partial charge in [-0.3, -0.25) is 4.79 Å². The van der Waals surface area contributed by atoms with E-state index < -0.39 is 5.97 Å². The van der Waals surface area contributed by atoms with E-state index in [1.54, 1.807) is 0 Å². The second-order valence-corrected chi connectivity index (χ2v) is 6.59. The first-order chi connectivity index (χ1) is 11.6. The van der Waals surface area contributed by atoms with Gasteiger partial charge in [0.2, 0.25) is 0 Å². The lowest BCUT2D eigenvalue weighted by Gasteiger charge is -2.27. The Balaban J connectivity index is 1.80. The molecule has 6 heteroatoms. The van der Waals surface area contributed by atoms with Gasteiger partial charge in [-0.25, -0.2) is 4.79 Å². The number of anilines is 1. The molecule has 1 aromatic heterocycles. The highest BCUT2D eigenvalue weighted by Crippen LogP contribution is 2.28. The molecule has 0 radical (unpaired) electrons. The van der Waals surface area contributed by atoms with Crippen molar-refractivity contribution in [2.24, 2.45) is 5.92 Å². The quantitative estimate of drug-likeness (QED) is 0.738. The molecule has 1 aromatic carbocycles. The van der Waals surface area contributed by atoms with Gasteiger partial charge in [-0.15, -0.1) is 0 Å². The number of hydrogen-bond donors (Lipinski definition) is 3. The van der Waals surface area contributed by atoms with Crippen LogP contribution in [0.3, 0.4) is 0 Å². The van der Waals surface area contributed by atoms with E-state index in [9.17, 15) is 9.59 Å². The third-order valence-electron chi connectivity index (χ3n) is 4.63. The number of carbonyl (C=O) groups is 2. The minimum atomic E-state index is -0.486. The lowest BCUT2D eigenvalue weighted by Crippen LogP contribution is -3.14. The monoisotopic (exact) mass is 330 g/mol. The summed E-state index contributed by atoms with van der Waals surface area (Å²) in [7, 11) is 1.33. The predicted octanol–water partition coefficient (Wildman–Crippen LogP) is 1.21. The maximum atomic E-state index is 12.5. The number of esters is 1. The Hall–Kier alpha value is -2.34. The minimum Gasteiger partial charge on any atom is -0.464 e. The van der Waals surface area contributed by atoms with E-state index >= 15 is 0 Å². The average Bonchev–Trinajstić information content (AvgIpc) is 2.93. The van der Waals surface area contributed by atoms with Gasteiger partial charge in [0.25, 0.3) is 5.91 Å². The molecular formula is C18H24N3O3+. The summed E-state index contributed by atoms with van der Waals surface area (Å²) in [4.78, 5) is 28.8. The molecule has 128 valence electrons. The van der Waals surface area contributed by atoms with Crippen LogP contribution in [0.15, 0.2) is 24.3 Å². The smallest absolute Gasteiger partial charge is 0.356 e. The van der Waals surface area contributed by atoms with Crippen LogP contribution in [-0.4, -0.2) is 43.6 Å². The number of H-pyrrole nitrogens is 1. The highest BCUT2D eigenvalue weighted by molar-refractivity contribution is 6.11. The van der Waals surface area contributed by atoms with E-state index in [2.05, 4.69) is 17.2 Å². The highest BCUT2D eigenvalue weighted by Gasteiger charge is 2.24. The number of likely N-dealkylation sites (tertiary alicyclic amines) is 1. The number of methoxy groups -OCH3 is 1. The van der Waals surface area contributed by atoms with Gasteiger partial charge in [-0.05, 0) is 18.9 Å². The number of aromatic nitrogens is 1. The minimum absolute atomic E-state index is 0.0750. The van der Waals surface area contributed by atoms with E-state index in [0.717, 1.165) is 30.4 Å². The summed E-state index contributed by atoms with van der Waals surface area (Å²) in [5, 5.41) is 3.73. The molecule has 1 amide bonds. The Bertz CT molecular complexity index is 753. The number of benzene rings is 1. The van der Waals surface area contributed by atoms with Crippen molar-refractivity contribution in [1.29, 1.82) is 0 Å². The molecule has 3 rings (SSSR count). The zero-order chi connectivity index (χ0) is 17.1. The number of quaternary nitrogens is 1. The van der Waals surface area contributed by atoms with Crippen molar-refractivity contribution >= 4 is 28.5 Å². The first-order valence-corrected chi connectivity index (χ1v) is 8.41. The summed E-state index contributed by atoms with van der Waals surface area (Å²) in [6.45, 7) is 4.69. The average molecular weight is 330 g/mol. The molecule has 0 aliphatic carbocycles. The molecule has 1 unspecified atom stereocenters. The fourth-order valence-electron chi connectivity index (χ4n) is 3.50. The van der Waals surface area contributed by atoms with Crippen molar-refractivity contribution in [3.63, 3.8) is 0 Å². The molecule has 2 atom stereocenters. The summed E-state index contributed by atoms with van der Waals surface area (Å²) >= 11 is 0. The number of para-hydroxylation sites is 1. The standard InChI is InChI=1S/C18H23N3O3/c1-12-6-5-9-21(10-12)11-15(22)20-16-13-7-3-4-8-14(13)19-17(16)18(23)24-2/h3-4,7-8,12,19H,5-6,9-11H2,1-2H3,(H,20,22)/p+1/t12-/m1/s1. The summed E-state index contributed by atoms with van der Waals surface area (Å²) in [6.07, 6.45) is 2.39. The lowest BCUT2D eigenvalue weighted by atomic mass is 10.0. The molecule has 1 aliphatic heterocycles. The SMILES string of the molecule is COC(=O)c1[nH]c2ccccc2c1NC(=O)C[NH+]1CCC[C@@H](C)C1. The lowest BCUT2D eigenvalue weighted by molar-refractivity contribution is -0.900. The summed E-state index contributed by atoms with van der Waals surface area (Å²) in [6, 6.07) is 7.51. The van der Waals surface area contributed by atoms with Crippen molar-refractivity contribution in [1.82, 2.24) is 4.98 Å². The summed E-state index contributed by atoms with van der Waals surface area (Å²) < 4.78 is 4.83. The van der Waals surface area contributed by atoms with Gasteiger partial charge >= 0.3 is 5.97 Å². The molecule has 2 heterocycles. The Morgan fingerprint density at radius 3 is 2.92 bits per heavy atom. The maximum absolute atomic E-state index is 12.5. The van der Waals surface area contributed by atoms with Gasteiger partial charge in [0, 0.05) is 16.8 Å². The van der Waals surface area contributed by atoms with Crippen LogP contribution in [0.25, 0.3) is 10.9 Å². The van der Waals surface area contributed by atoms with Gasteiger partial charge in [0.05, 0.1) is 25.9 Å². The van der Waals surface area contributed by atoms with Crippen LogP contribution < -0.4 is 10.2 Å². The van der Waals surface area contributed by atoms with Gasteiger partial charge in [0.15, 0.2) is 6.54 Å². The van der Waals surface area contributed by atoms with E-state index in [0.29, 0.717) is 18.2 Å². The molecule has 1 saturated heterocycles. The van der Waals surface area contributed by atoms with E-state index in [4.69, 9.17) is 4.74 Å². The molecule has 1 aliphatic rings. The predicted molar refractivity (Wildman–Crippen MR) is 92.2 cm³/mol. The molecule has 0 saturated carbocycles. The molecular weight excluding hydrogens is 306 g/mol. The maximum Gasteiger partial charge on any atom is 0.356 e. The number of amides is 1. The number of carbonyl (C=O) groups excluding carboxylic acids is 2. The van der Waals surface area contributed by atoms with Gasteiger partial charge in [-0.1, -0.05) is 25.1 Å². The van der Waals surface area contributed by atoms with Crippen molar-refractivity contribution < 1.29 is 19.2 Å². The summed E-state index contributed by atoms with van der Waals surface area (Å²) in [5.74, 6) is 0.0923. The molecule has 24 heavy (non-hydrogen) atoms. The van der Waals surface area contributed by atoms with E-state index in [-0.39, 0.29) is 11.6 Å². The van der Waals surface area contributed by atoms with Gasteiger partial charge < -0.3 is 19.9 Å². The van der Waals surface area contributed by atoms with E-state index in [1.165, 1.54) is 18.4 Å². The Morgan fingerprint density at radius 1 is 1.38 bits per heavy atom. The zero-order valence-corrected chi connectivity index (χ0v) is 14.1. The number of nitrogens with one attached hydrogen (secondary N) is 3. The third kappa shape index (κ3) is 3.43. The number of rotatable bonds is 4. The largest absolute Gasteiger partial charge is 0.464 e. The third-order valence-corrected chi connectivity index (χ3v) is 4.63. The Kier molecular flexibility index (Phi) is 4.85. The molecule has 1 fully saturated rings. The van der Waals surface area contributed by atoms with Gasteiger partial charge in [0.1, 0.15) is 5.69 Å². The first kappa shape index (κ1) is 16.5. The Labute approximate surface area is 141 Å². The fraction of sp³-hybridized carbons (Fsp3) is 0.444. The number of aromatic amines is 1. The van der Waals surface area contributed by atoms with Gasteiger partial charge in [-0.2, -0.15) is 0 Å². The fourth-order valence-corrected chi connectivity index (χ4v) is 3.50. The molecule has 0 spiro atoms. The number of hydrogen-bond acceptors (Lipinski definition) is 3. The molecule has 6 nitrogen and oxygen atoms in total. The first-order valence-electron chi connectivity index (χ1n) is 8.41. The number of piperidine rings is 1. The second-order valence-electron chi connectivity index (χ2n) is 6.59. The normalized spacial score (nSPS) is 20.8. The van der Waals surface area contributed by atoms with Crippen molar-refractivity contribution in [2.45, 2.75) is 19.8 Å². The van der Waals surface area contributed by atoms with Crippen molar-refractivity contribution in [3.05, 3.63) is 30.0 Å². The molecule has 3 N–H and O–H groups in total. The van der Waals surface area contributed by atoms with Crippen LogP contribution >= 0.6 is 0 Å². The molecule has 2 aromatic rings. The topological polar surface area (TPSA) is 75.6 Å². The van der Waals surface area contributed by atoms with Crippen LogP contribution in [0, 0.1) is 5.92 Å². The highest BCUT2D eigenvalue weighted by atomic mass is 16.5. The number of fused-ring (bicyclic) bond motifs is 1. The summed E-state index contributed by atoms with van der Waals surface area (Å²) in [5.41, 5.74) is 1.59. The van der Waals surface area contributed by atoms with Crippen molar-refractivity contribution in [3.8, 4) is 0 Å². The van der Waals surface area contributed by atoms with Crippen LogP contribution in [0.5, 0.6) is 0 Å². The number of ether oxygens (including phenoxy) is 1. The van der Waals surface area contributed by atoms with Crippen molar-refractivity contribution in [2.75, 3.05) is 32.1 Å². The van der Waals surface area contributed by atoms with Crippen LogP contribution in [0.4, 0.5) is 5.69 Å². The van der Waals surface area contributed by atoms with Crippen LogP contribution in [0.1, 0.15) is 30.3 Å². The van der Waals surface area contributed by atoms with Crippen LogP contribution in [0.2, 0.25) is 0 Å². The zero-order valence-electron chi connectivity index (χ0n) is 14.1.